The van der Waals surface area contributed by atoms with E-state index in [9.17, 15) is 9.59 Å². The van der Waals surface area contributed by atoms with Crippen LogP contribution >= 0.6 is 11.3 Å². The van der Waals surface area contributed by atoms with E-state index in [4.69, 9.17) is 5.73 Å². The van der Waals surface area contributed by atoms with Crippen molar-refractivity contribution in [3.8, 4) is 0 Å². The topological polar surface area (TPSA) is 76.3 Å². The minimum atomic E-state index is -0.299. The molecule has 0 bridgehead atoms. The van der Waals surface area contributed by atoms with Gasteiger partial charge < -0.3 is 5.73 Å². The minimum absolute atomic E-state index is 0.299. The standard InChI is InChI=1S/C15H9N3O2S/c16-15-17-11-6-5-8(7-12(11)21-15)18-13(19)9-3-1-2-4-10(9)14(18)20/h1-7H,(H2,16,17). The number of nitrogens with zero attached hydrogens (tertiary/aromatic N) is 2. The molecule has 1 aliphatic rings. The van der Waals surface area contributed by atoms with Crippen molar-refractivity contribution in [2.24, 2.45) is 0 Å². The number of carbonyl (C=O) groups excluding carboxylic acids is 2. The van der Waals surface area contributed by atoms with Gasteiger partial charge in [0.05, 0.1) is 27.0 Å². The fourth-order valence-electron chi connectivity index (χ4n) is 2.49. The predicted octanol–water partition coefficient (Wildman–Crippen LogP) is 2.68. The van der Waals surface area contributed by atoms with Gasteiger partial charge in [-0.15, -0.1) is 0 Å². The van der Waals surface area contributed by atoms with Crippen molar-refractivity contribution in [2.75, 3.05) is 10.6 Å². The Morgan fingerprint density at radius 3 is 2.33 bits per heavy atom. The molecule has 2 heterocycles. The fraction of sp³-hybridized carbons (Fsp3) is 0. The number of fused-ring (bicyclic) bond motifs is 2. The number of nitrogens with two attached hydrogens (primary N) is 1. The summed E-state index contributed by atoms with van der Waals surface area (Å²) < 4.78 is 0.849. The minimum Gasteiger partial charge on any atom is -0.375 e. The predicted molar refractivity (Wildman–Crippen MR) is 81.6 cm³/mol. The van der Waals surface area contributed by atoms with Gasteiger partial charge in [0.25, 0.3) is 11.8 Å². The number of hydrogen-bond donors (Lipinski definition) is 1. The summed E-state index contributed by atoms with van der Waals surface area (Å²) >= 11 is 1.33. The van der Waals surface area contributed by atoms with E-state index in [1.54, 1.807) is 42.5 Å². The van der Waals surface area contributed by atoms with Gasteiger partial charge in [-0.2, -0.15) is 0 Å². The van der Waals surface area contributed by atoms with Gasteiger partial charge in [0.2, 0.25) is 0 Å². The first-order chi connectivity index (χ1) is 10.1. The first-order valence-electron chi connectivity index (χ1n) is 6.29. The Morgan fingerprint density at radius 2 is 1.67 bits per heavy atom. The Morgan fingerprint density at radius 1 is 1.00 bits per heavy atom. The number of nitrogen functional groups attached to an aromatic ring is 1. The number of benzene rings is 2. The van der Waals surface area contributed by atoms with Crippen LogP contribution in [-0.4, -0.2) is 16.8 Å². The van der Waals surface area contributed by atoms with Crippen molar-refractivity contribution in [3.05, 3.63) is 53.6 Å². The number of aromatic nitrogens is 1. The summed E-state index contributed by atoms with van der Waals surface area (Å²) in [6.07, 6.45) is 0. The monoisotopic (exact) mass is 295 g/mol. The molecule has 2 amide bonds. The second kappa shape index (κ2) is 4.13. The highest BCUT2D eigenvalue weighted by atomic mass is 32.1. The van der Waals surface area contributed by atoms with Crippen molar-refractivity contribution >= 4 is 44.2 Å². The molecule has 102 valence electrons. The zero-order valence-corrected chi connectivity index (χ0v) is 11.6. The summed E-state index contributed by atoms with van der Waals surface area (Å²) in [5.41, 5.74) is 7.85. The van der Waals surface area contributed by atoms with Gasteiger partial charge in [0, 0.05) is 0 Å². The molecule has 0 saturated carbocycles. The highest BCUT2D eigenvalue weighted by molar-refractivity contribution is 7.22. The summed E-state index contributed by atoms with van der Waals surface area (Å²) in [4.78, 5) is 30.2. The van der Waals surface area contributed by atoms with Gasteiger partial charge in [-0.25, -0.2) is 9.88 Å². The van der Waals surface area contributed by atoms with Gasteiger partial charge in [-0.05, 0) is 30.3 Å². The molecule has 0 spiro atoms. The third-order valence-corrected chi connectivity index (χ3v) is 4.29. The Bertz CT molecular complexity index is 881. The number of imide groups is 1. The van der Waals surface area contributed by atoms with E-state index >= 15 is 0 Å². The quantitative estimate of drug-likeness (QED) is 0.700. The van der Waals surface area contributed by atoms with Gasteiger partial charge in [-0.3, -0.25) is 9.59 Å². The van der Waals surface area contributed by atoms with Crippen LogP contribution in [0.25, 0.3) is 10.2 Å². The summed E-state index contributed by atoms with van der Waals surface area (Å²) in [6, 6.07) is 12.1. The van der Waals surface area contributed by atoms with Crippen LogP contribution in [0.5, 0.6) is 0 Å². The van der Waals surface area contributed by atoms with E-state index in [2.05, 4.69) is 4.98 Å². The summed E-state index contributed by atoms with van der Waals surface area (Å²) in [5.74, 6) is -0.597. The lowest BCUT2D eigenvalue weighted by Gasteiger charge is -2.13. The second-order valence-corrected chi connectivity index (χ2v) is 5.76. The second-order valence-electron chi connectivity index (χ2n) is 4.70. The number of rotatable bonds is 1. The lowest BCUT2D eigenvalue weighted by atomic mass is 10.1. The van der Waals surface area contributed by atoms with Gasteiger partial charge >= 0.3 is 0 Å². The fourth-order valence-corrected chi connectivity index (χ4v) is 3.26. The maximum absolute atomic E-state index is 12.4. The van der Waals surface area contributed by atoms with Crippen LogP contribution in [0.3, 0.4) is 0 Å². The molecule has 1 aromatic heterocycles. The van der Waals surface area contributed by atoms with Crippen LogP contribution in [0.4, 0.5) is 10.8 Å². The maximum Gasteiger partial charge on any atom is 0.266 e. The van der Waals surface area contributed by atoms with E-state index in [1.807, 2.05) is 0 Å². The molecule has 0 atom stereocenters. The maximum atomic E-state index is 12.4. The molecule has 0 fully saturated rings. The lowest BCUT2D eigenvalue weighted by Crippen LogP contribution is -2.29. The third-order valence-electron chi connectivity index (χ3n) is 3.44. The first-order valence-corrected chi connectivity index (χ1v) is 7.11. The highest BCUT2D eigenvalue weighted by Gasteiger charge is 2.36. The van der Waals surface area contributed by atoms with Crippen LogP contribution in [-0.2, 0) is 0 Å². The highest BCUT2D eigenvalue weighted by Crippen LogP contribution is 2.32. The van der Waals surface area contributed by atoms with Crippen LogP contribution in [0.2, 0.25) is 0 Å². The smallest absolute Gasteiger partial charge is 0.266 e. The van der Waals surface area contributed by atoms with Crippen molar-refractivity contribution in [1.29, 1.82) is 0 Å². The Balaban J connectivity index is 1.86. The molecule has 3 aromatic rings. The Hall–Kier alpha value is -2.73. The van der Waals surface area contributed by atoms with Crippen LogP contribution in [0, 0.1) is 0 Å². The number of thiazole rings is 1. The van der Waals surface area contributed by atoms with Crippen molar-refractivity contribution in [1.82, 2.24) is 4.98 Å². The van der Waals surface area contributed by atoms with Crippen molar-refractivity contribution in [3.63, 3.8) is 0 Å². The Labute approximate surface area is 123 Å². The van der Waals surface area contributed by atoms with Crippen LogP contribution in [0.15, 0.2) is 42.5 Å². The molecule has 0 radical (unpaired) electrons. The van der Waals surface area contributed by atoms with E-state index in [1.165, 1.54) is 16.2 Å². The van der Waals surface area contributed by atoms with Crippen LogP contribution < -0.4 is 10.6 Å². The average molecular weight is 295 g/mol. The molecule has 0 saturated heterocycles. The molecule has 2 N–H and O–H groups in total. The summed E-state index contributed by atoms with van der Waals surface area (Å²) in [5, 5.41) is 0.463. The molecular formula is C15H9N3O2S. The molecule has 1 aliphatic heterocycles. The largest absolute Gasteiger partial charge is 0.375 e. The Kier molecular flexibility index (Phi) is 2.37. The number of amides is 2. The molecule has 6 heteroatoms. The first kappa shape index (κ1) is 12.0. The van der Waals surface area contributed by atoms with Gasteiger partial charge in [0.1, 0.15) is 0 Å². The van der Waals surface area contributed by atoms with Crippen LogP contribution in [0.1, 0.15) is 20.7 Å². The SMILES string of the molecule is Nc1nc2ccc(N3C(=O)c4ccccc4C3=O)cc2s1. The normalized spacial score (nSPS) is 14.0. The number of anilines is 2. The van der Waals surface area contributed by atoms with E-state index in [0.717, 1.165) is 10.2 Å². The molecule has 4 rings (SSSR count). The third kappa shape index (κ3) is 1.66. The zero-order chi connectivity index (χ0) is 14.6. The number of hydrogen-bond acceptors (Lipinski definition) is 5. The van der Waals surface area contributed by atoms with Gasteiger partial charge in [0.15, 0.2) is 5.13 Å². The van der Waals surface area contributed by atoms with E-state index in [0.29, 0.717) is 21.9 Å². The molecular weight excluding hydrogens is 286 g/mol. The lowest BCUT2D eigenvalue weighted by molar-refractivity contribution is 0.0926. The average Bonchev–Trinajstić information content (AvgIpc) is 2.97. The molecule has 5 nitrogen and oxygen atoms in total. The van der Waals surface area contributed by atoms with Crippen molar-refractivity contribution in [2.45, 2.75) is 0 Å². The molecule has 21 heavy (non-hydrogen) atoms. The van der Waals surface area contributed by atoms with Crippen molar-refractivity contribution < 1.29 is 9.59 Å². The molecule has 0 unspecified atom stereocenters. The van der Waals surface area contributed by atoms with Gasteiger partial charge in [-0.1, -0.05) is 23.5 Å². The number of carbonyl (C=O) groups is 2. The molecule has 2 aromatic carbocycles. The summed E-state index contributed by atoms with van der Waals surface area (Å²) in [6.45, 7) is 0. The zero-order valence-electron chi connectivity index (χ0n) is 10.7. The van der Waals surface area contributed by atoms with E-state index in [-0.39, 0.29) is 11.8 Å². The molecule has 0 aliphatic carbocycles. The summed E-state index contributed by atoms with van der Waals surface area (Å²) in [7, 11) is 0. The van der Waals surface area contributed by atoms with E-state index < -0.39 is 0 Å².